The number of hydrogen-bond donors (Lipinski definition) is 2. The summed E-state index contributed by atoms with van der Waals surface area (Å²) in [6.07, 6.45) is 1.63. The Balaban J connectivity index is 2.86. The molecule has 1 aromatic rings. The van der Waals surface area contributed by atoms with Crippen LogP contribution in [0.1, 0.15) is 5.56 Å². The fourth-order valence-corrected chi connectivity index (χ4v) is 1.66. The van der Waals surface area contributed by atoms with Gasteiger partial charge in [0, 0.05) is 18.7 Å². The first-order valence-electron chi connectivity index (χ1n) is 5.48. The molecule has 2 N–H and O–H groups in total. The highest BCUT2D eigenvalue weighted by Gasteiger charge is 2.13. The number of nitrogens with zero attached hydrogens (tertiary/aromatic N) is 1. The van der Waals surface area contributed by atoms with E-state index < -0.39 is 5.97 Å². The third-order valence-corrected chi connectivity index (χ3v) is 2.44. The number of carboxylic acid groups (broad SMARTS) is 1. The first-order chi connectivity index (χ1) is 8.58. The van der Waals surface area contributed by atoms with Gasteiger partial charge in [0.25, 0.3) is 0 Å². The summed E-state index contributed by atoms with van der Waals surface area (Å²) in [5, 5.41) is 18.7. The second-order valence-electron chi connectivity index (χ2n) is 3.82. The summed E-state index contributed by atoms with van der Waals surface area (Å²) in [5.74, 6) is -0.500. The lowest BCUT2D eigenvalue weighted by Crippen LogP contribution is -2.29. The molecule has 0 unspecified atom stereocenters. The van der Waals surface area contributed by atoms with Crippen molar-refractivity contribution < 1.29 is 19.7 Å². The van der Waals surface area contributed by atoms with Gasteiger partial charge in [-0.15, -0.1) is 6.58 Å². The molecule has 0 radical (unpaired) electrons. The number of carboxylic acids is 1. The highest BCUT2D eigenvalue weighted by atomic mass is 16.5. The third-order valence-electron chi connectivity index (χ3n) is 2.44. The number of rotatable bonds is 7. The lowest BCUT2D eigenvalue weighted by atomic mass is 10.1. The largest absolute Gasteiger partial charge is 0.504 e. The van der Waals surface area contributed by atoms with Crippen LogP contribution >= 0.6 is 0 Å². The van der Waals surface area contributed by atoms with E-state index in [-0.39, 0.29) is 12.3 Å². The fraction of sp³-hybridized carbons (Fsp3) is 0.308. The molecule has 0 saturated heterocycles. The minimum absolute atomic E-state index is 0.0412. The van der Waals surface area contributed by atoms with Crippen LogP contribution in [0, 0.1) is 0 Å². The van der Waals surface area contributed by atoms with Gasteiger partial charge in [0.15, 0.2) is 11.5 Å². The molecule has 0 amide bonds. The van der Waals surface area contributed by atoms with Crippen LogP contribution in [-0.4, -0.2) is 41.3 Å². The number of para-hydroxylation sites is 1. The maximum atomic E-state index is 10.7. The van der Waals surface area contributed by atoms with E-state index in [0.29, 0.717) is 24.4 Å². The van der Waals surface area contributed by atoms with Gasteiger partial charge in [0.2, 0.25) is 0 Å². The van der Waals surface area contributed by atoms with Crippen LogP contribution in [-0.2, 0) is 11.3 Å². The van der Waals surface area contributed by atoms with Crippen LogP contribution in [0.3, 0.4) is 0 Å². The van der Waals surface area contributed by atoms with Crippen LogP contribution in [0.4, 0.5) is 0 Å². The highest BCUT2D eigenvalue weighted by molar-refractivity contribution is 5.69. The number of carbonyl (C=O) groups is 1. The first kappa shape index (κ1) is 14.1. The van der Waals surface area contributed by atoms with Gasteiger partial charge in [-0.05, 0) is 6.07 Å². The van der Waals surface area contributed by atoms with Crippen LogP contribution in [0.25, 0.3) is 0 Å². The molecule has 0 fully saturated rings. The zero-order valence-corrected chi connectivity index (χ0v) is 10.3. The second kappa shape index (κ2) is 6.66. The summed E-state index contributed by atoms with van der Waals surface area (Å²) in [6.45, 7) is 4.23. The van der Waals surface area contributed by atoms with Gasteiger partial charge in [0.1, 0.15) is 0 Å². The number of benzene rings is 1. The number of hydrogen-bond acceptors (Lipinski definition) is 4. The molecule has 1 rings (SSSR count). The standard InChI is InChI=1S/C13H17NO4/c1-3-7-14(9-12(15)16)8-10-5-4-6-11(18-2)13(10)17/h3-6,17H,1,7-9H2,2H3,(H,15,16). The van der Waals surface area contributed by atoms with Crippen molar-refractivity contribution in [3.8, 4) is 11.5 Å². The van der Waals surface area contributed by atoms with Gasteiger partial charge in [-0.25, -0.2) is 0 Å². The Morgan fingerprint density at radius 2 is 2.28 bits per heavy atom. The third kappa shape index (κ3) is 3.78. The normalized spacial score (nSPS) is 10.3. The van der Waals surface area contributed by atoms with Crippen LogP contribution < -0.4 is 4.74 Å². The van der Waals surface area contributed by atoms with E-state index in [1.54, 1.807) is 29.2 Å². The van der Waals surface area contributed by atoms with Crippen molar-refractivity contribution in [1.29, 1.82) is 0 Å². The van der Waals surface area contributed by atoms with Crippen LogP contribution in [0.15, 0.2) is 30.9 Å². The molecule has 18 heavy (non-hydrogen) atoms. The lowest BCUT2D eigenvalue weighted by Gasteiger charge is -2.19. The van der Waals surface area contributed by atoms with Crippen molar-refractivity contribution >= 4 is 5.97 Å². The lowest BCUT2D eigenvalue weighted by molar-refractivity contribution is -0.138. The molecule has 0 saturated carbocycles. The summed E-state index contributed by atoms with van der Waals surface area (Å²) in [6, 6.07) is 5.13. The SMILES string of the molecule is C=CCN(CC(=O)O)Cc1cccc(OC)c1O. The van der Waals surface area contributed by atoms with Crippen molar-refractivity contribution in [3.63, 3.8) is 0 Å². The molecular formula is C13H17NO4. The molecule has 98 valence electrons. The second-order valence-corrected chi connectivity index (χ2v) is 3.82. The zero-order valence-electron chi connectivity index (χ0n) is 10.3. The Morgan fingerprint density at radius 1 is 1.56 bits per heavy atom. The average Bonchev–Trinajstić information content (AvgIpc) is 2.31. The van der Waals surface area contributed by atoms with Crippen molar-refractivity contribution in [2.75, 3.05) is 20.2 Å². The number of aliphatic carboxylic acids is 1. The van der Waals surface area contributed by atoms with Gasteiger partial charge in [-0.3, -0.25) is 9.69 Å². The summed E-state index contributed by atoms with van der Waals surface area (Å²) in [4.78, 5) is 12.4. The molecule has 0 heterocycles. The van der Waals surface area contributed by atoms with E-state index in [1.165, 1.54) is 7.11 Å². The quantitative estimate of drug-likeness (QED) is 0.718. The maximum absolute atomic E-state index is 10.7. The number of ether oxygens (including phenoxy) is 1. The number of methoxy groups -OCH3 is 1. The molecule has 1 aromatic carbocycles. The molecule has 0 aromatic heterocycles. The smallest absolute Gasteiger partial charge is 0.317 e. The van der Waals surface area contributed by atoms with Crippen molar-refractivity contribution in [1.82, 2.24) is 4.90 Å². The van der Waals surface area contributed by atoms with Gasteiger partial charge < -0.3 is 14.9 Å². The summed E-state index contributed by atoms with van der Waals surface area (Å²) in [7, 11) is 1.47. The van der Waals surface area contributed by atoms with E-state index in [0.717, 1.165) is 0 Å². The molecular weight excluding hydrogens is 234 g/mol. The maximum Gasteiger partial charge on any atom is 0.317 e. The van der Waals surface area contributed by atoms with E-state index in [9.17, 15) is 9.90 Å². The van der Waals surface area contributed by atoms with Gasteiger partial charge in [-0.2, -0.15) is 0 Å². The van der Waals surface area contributed by atoms with E-state index in [2.05, 4.69) is 6.58 Å². The molecule has 0 spiro atoms. The average molecular weight is 251 g/mol. The van der Waals surface area contributed by atoms with Crippen LogP contribution in [0.5, 0.6) is 11.5 Å². The zero-order chi connectivity index (χ0) is 13.5. The number of phenolic OH excluding ortho intramolecular Hbond substituents is 1. The molecule has 0 atom stereocenters. The van der Waals surface area contributed by atoms with Crippen molar-refractivity contribution in [2.45, 2.75) is 6.54 Å². The van der Waals surface area contributed by atoms with E-state index in [4.69, 9.17) is 9.84 Å². The molecule has 0 bridgehead atoms. The molecule has 0 aliphatic heterocycles. The Hall–Kier alpha value is -2.01. The first-order valence-corrected chi connectivity index (χ1v) is 5.48. The number of phenols is 1. The predicted octanol–water partition coefficient (Wildman–Crippen LogP) is 1.47. The van der Waals surface area contributed by atoms with Crippen LogP contribution in [0.2, 0.25) is 0 Å². The number of aromatic hydroxyl groups is 1. The Bertz CT molecular complexity index is 431. The van der Waals surface area contributed by atoms with Gasteiger partial charge in [0.05, 0.1) is 13.7 Å². The Labute approximate surface area is 106 Å². The molecule has 0 aliphatic carbocycles. The van der Waals surface area contributed by atoms with E-state index >= 15 is 0 Å². The minimum atomic E-state index is -0.917. The summed E-state index contributed by atoms with van der Waals surface area (Å²) >= 11 is 0. The Morgan fingerprint density at radius 3 is 2.83 bits per heavy atom. The fourth-order valence-electron chi connectivity index (χ4n) is 1.66. The van der Waals surface area contributed by atoms with Gasteiger partial charge in [-0.1, -0.05) is 18.2 Å². The van der Waals surface area contributed by atoms with Crippen molar-refractivity contribution in [3.05, 3.63) is 36.4 Å². The minimum Gasteiger partial charge on any atom is -0.504 e. The molecule has 0 aliphatic rings. The van der Waals surface area contributed by atoms with Gasteiger partial charge >= 0.3 is 5.97 Å². The monoisotopic (exact) mass is 251 g/mol. The Kier molecular flexibility index (Phi) is 5.20. The highest BCUT2D eigenvalue weighted by Crippen LogP contribution is 2.30. The molecule has 5 heteroatoms. The molecule has 5 nitrogen and oxygen atoms in total. The topological polar surface area (TPSA) is 70.0 Å². The summed E-state index contributed by atoms with van der Waals surface area (Å²) in [5.41, 5.74) is 0.623. The van der Waals surface area contributed by atoms with Crippen molar-refractivity contribution in [2.24, 2.45) is 0 Å². The van der Waals surface area contributed by atoms with E-state index in [1.807, 2.05) is 0 Å². The predicted molar refractivity (Wildman–Crippen MR) is 67.8 cm³/mol. The summed E-state index contributed by atoms with van der Waals surface area (Å²) < 4.78 is 5.00.